The molecule has 6 heteroatoms. The van der Waals surface area contributed by atoms with Crippen molar-refractivity contribution in [3.8, 4) is 0 Å². The first-order chi connectivity index (χ1) is 10.8. The van der Waals surface area contributed by atoms with Gasteiger partial charge in [-0.1, -0.05) is 37.6 Å². The Morgan fingerprint density at radius 1 is 1.17 bits per heavy atom. The van der Waals surface area contributed by atoms with E-state index in [0.29, 0.717) is 16.8 Å². The van der Waals surface area contributed by atoms with Crippen LogP contribution >= 0.6 is 34.2 Å². The molecule has 0 saturated carbocycles. The number of hydrogen-bond donors (Lipinski definition) is 2. The number of amides is 1. The SMILES string of the molecule is CC(C)c1cc(NC(=O)c2ccccc2I)cc(C(=O)O)c1Cl. The zero-order chi connectivity index (χ0) is 17.1. The molecule has 0 fully saturated rings. The maximum Gasteiger partial charge on any atom is 0.337 e. The first-order valence-corrected chi connectivity index (χ1v) is 8.39. The molecule has 0 aliphatic carbocycles. The van der Waals surface area contributed by atoms with Gasteiger partial charge in [0.15, 0.2) is 0 Å². The summed E-state index contributed by atoms with van der Waals surface area (Å²) in [5.74, 6) is -1.38. The molecular formula is C17H15ClINO3. The topological polar surface area (TPSA) is 66.4 Å². The molecule has 0 aromatic heterocycles. The van der Waals surface area contributed by atoms with E-state index in [0.717, 1.165) is 3.57 Å². The molecule has 0 aliphatic heterocycles. The maximum atomic E-state index is 12.4. The average Bonchev–Trinajstić information content (AvgIpc) is 2.48. The predicted molar refractivity (Wildman–Crippen MR) is 99.6 cm³/mol. The lowest BCUT2D eigenvalue weighted by Crippen LogP contribution is -2.14. The van der Waals surface area contributed by atoms with E-state index >= 15 is 0 Å². The highest BCUT2D eigenvalue weighted by molar-refractivity contribution is 14.1. The summed E-state index contributed by atoms with van der Waals surface area (Å²) in [4.78, 5) is 23.7. The molecule has 120 valence electrons. The van der Waals surface area contributed by atoms with Gasteiger partial charge in [0.05, 0.1) is 16.1 Å². The third kappa shape index (κ3) is 4.03. The van der Waals surface area contributed by atoms with Crippen molar-refractivity contribution in [2.45, 2.75) is 19.8 Å². The Kier molecular flexibility index (Phi) is 5.64. The van der Waals surface area contributed by atoms with Gasteiger partial charge >= 0.3 is 5.97 Å². The molecular weight excluding hydrogens is 429 g/mol. The van der Waals surface area contributed by atoms with Crippen LogP contribution in [0.5, 0.6) is 0 Å². The molecule has 23 heavy (non-hydrogen) atoms. The summed E-state index contributed by atoms with van der Waals surface area (Å²) in [6, 6.07) is 10.3. The monoisotopic (exact) mass is 443 g/mol. The molecule has 2 aromatic carbocycles. The average molecular weight is 444 g/mol. The van der Waals surface area contributed by atoms with Crippen LogP contribution in [0.4, 0.5) is 5.69 Å². The molecule has 0 atom stereocenters. The van der Waals surface area contributed by atoms with E-state index in [2.05, 4.69) is 27.9 Å². The minimum Gasteiger partial charge on any atom is -0.478 e. The van der Waals surface area contributed by atoms with Gasteiger partial charge in [0.1, 0.15) is 0 Å². The summed E-state index contributed by atoms with van der Waals surface area (Å²) in [5, 5.41) is 12.3. The van der Waals surface area contributed by atoms with Crippen molar-refractivity contribution in [1.29, 1.82) is 0 Å². The zero-order valence-corrected chi connectivity index (χ0v) is 15.5. The molecule has 0 saturated heterocycles. The Labute approximate surface area is 153 Å². The van der Waals surface area contributed by atoms with Gasteiger partial charge in [-0.3, -0.25) is 4.79 Å². The van der Waals surface area contributed by atoms with Crippen molar-refractivity contribution in [3.05, 3.63) is 61.7 Å². The van der Waals surface area contributed by atoms with Crippen LogP contribution in [0.1, 0.15) is 46.0 Å². The van der Waals surface area contributed by atoms with Gasteiger partial charge in [0.2, 0.25) is 0 Å². The highest BCUT2D eigenvalue weighted by Crippen LogP contribution is 2.31. The zero-order valence-electron chi connectivity index (χ0n) is 12.6. The van der Waals surface area contributed by atoms with E-state index in [4.69, 9.17) is 11.6 Å². The van der Waals surface area contributed by atoms with Gasteiger partial charge in [-0.05, 0) is 58.3 Å². The number of anilines is 1. The van der Waals surface area contributed by atoms with E-state index < -0.39 is 5.97 Å². The van der Waals surface area contributed by atoms with Crippen molar-refractivity contribution in [3.63, 3.8) is 0 Å². The summed E-state index contributed by atoms with van der Waals surface area (Å²) in [6.45, 7) is 3.83. The normalized spacial score (nSPS) is 10.7. The van der Waals surface area contributed by atoms with Crippen LogP contribution < -0.4 is 5.32 Å². The highest BCUT2D eigenvalue weighted by Gasteiger charge is 2.18. The van der Waals surface area contributed by atoms with Gasteiger partial charge < -0.3 is 10.4 Å². The Morgan fingerprint density at radius 3 is 2.39 bits per heavy atom. The van der Waals surface area contributed by atoms with Crippen LogP contribution in [0, 0.1) is 3.57 Å². The standard InChI is InChI=1S/C17H15ClINO3/c1-9(2)12-7-10(8-13(15(12)18)17(22)23)20-16(21)11-5-3-4-6-14(11)19/h3-9H,1-2H3,(H,20,21)(H,22,23). The fraction of sp³-hybridized carbons (Fsp3) is 0.176. The molecule has 2 rings (SSSR count). The fourth-order valence-corrected chi connectivity index (χ4v) is 3.18. The van der Waals surface area contributed by atoms with Crippen LogP contribution in [0.2, 0.25) is 5.02 Å². The number of halogens is 2. The van der Waals surface area contributed by atoms with Crippen LogP contribution in [-0.2, 0) is 0 Å². The molecule has 0 radical (unpaired) electrons. The number of carbonyl (C=O) groups excluding carboxylic acids is 1. The highest BCUT2D eigenvalue weighted by atomic mass is 127. The lowest BCUT2D eigenvalue weighted by Gasteiger charge is -2.14. The minimum absolute atomic E-state index is 0.0177. The van der Waals surface area contributed by atoms with Crippen LogP contribution in [0.15, 0.2) is 36.4 Å². The number of rotatable bonds is 4. The Bertz CT molecular complexity index is 774. The molecule has 2 N–H and O–H groups in total. The van der Waals surface area contributed by atoms with E-state index in [9.17, 15) is 14.7 Å². The van der Waals surface area contributed by atoms with Gasteiger partial charge in [0, 0.05) is 9.26 Å². The van der Waals surface area contributed by atoms with Crippen LogP contribution in [0.25, 0.3) is 0 Å². The number of carboxylic acids is 1. The summed E-state index contributed by atoms with van der Waals surface area (Å²) in [6.07, 6.45) is 0. The summed E-state index contributed by atoms with van der Waals surface area (Å²) < 4.78 is 0.819. The largest absolute Gasteiger partial charge is 0.478 e. The van der Waals surface area contributed by atoms with Gasteiger partial charge in [0.25, 0.3) is 5.91 Å². The quantitative estimate of drug-likeness (QED) is 0.652. The molecule has 0 aliphatic rings. The van der Waals surface area contributed by atoms with Gasteiger partial charge in [-0.2, -0.15) is 0 Å². The lowest BCUT2D eigenvalue weighted by molar-refractivity contribution is 0.0696. The molecule has 0 spiro atoms. The Hall–Kier alpha value is -1.60. The van der Waals surface area contributed by atoms with E-state index in [1.54, 1.807) is 18.2 Å². The van der Waals surface area contributed by atoms with E-state index in [1.807, 2.05) is 26.0 Å². The predicted octanol–water partition coefficient (Wildman–Crippen LogP) is 5.02. The molecule has 2 aromatic rings. The lowest BCUT2D eigenvalue weighted by atomic mass is 9.99. The van der Waals surface area contributed by atoms with Crippen molar-refractivity contribution < 1.29 is 14.7 Å². The number of nitrogens with one attached hydrogen (secondary N) is 1. The summed E-state index contributed by atoms with van der Waals surface area (Å²) >= 11 is 8.24. The fourth-order valence-electron chi connectivity index (χ4n) is 2.14. The number of aromatic carboxylic acids is 1. The summed E-state index contributed by atoms with van der Waals surface area (Å²) in [7, 11) is 0. The second kappa shape index (κ2) is 7.31. The van der Waals surface area contributed by atoms with Crippen LogP contribution in [-0.4, -0.2) is 17.0 Å². The van der Waals surface area contributed by atoms with Crippen molar-refractivity contribution in [2.75, 3.05) is 5.32 Å². The molecule has 0 bridgehead atoms. The Balaban J connectivity index is 2.42. The van der Waals surface area contributed by atoms with E-state index in [1.165, 1.54) is 6.07 Å². The maximum absolute atomic E-state index is 12.4. The second-order valence-corrected chi connectivity index (χ2v) is 6.86. The molecule has 4 nitrogen and oxygen atoms in total. The number of carbonyl (C=O) groups is 2. The second-order valence-electron chi connectivity index (χ2n) is 5.32. The van der Waals surface area contributed by atoms with E-state index in [-0.39, 0.29) is 22.4 Å². The molecule has 0 unspecified atom stereocenters. The molecule has 1 amide bonds. The Morgan fingerprint density at radius 2 is 1.83 bits per heavy atom. The first-order valence-electron chi connectivity index (χ1n) is 6.94. The first kappa shape index (κ1) is 17.7. The third-order valence-electron chi connectivity index (χ3n) is 3.33. The smallest absolute Gasteiger partial charge is 0.337 e. The third-order valence-corrected chi connectivity index (χ3v) is 4.69. The number of hydrogen-bond acceptors (Lipinski definition) is 2. The number of carboxylic acid groups (broad SMARTS) is 1. The van der Waals surface area contributed by atoms with Crippen LogP contribution in [0.3, 0.4) is 0 Å². The van der Waals surface area contributed by atoms with Gasteiger partial charge in [-0.25, -0.2) is 4.79 Å². The van der Waals surface area contributed by atoms with Crippen molar-refractivity contribution in [2.24, 2.45) is 0 Å². The van der Waals surface area contributed by atoms with Crippen molar-refractivity contribution >= 4 is 51.8 Å². The minimum atomic E-state index is -1.12. The number of benzene rings is 2. The van der Waals surface area contributed by atoms with Crippen molar-refractivity contribution in [1.82, 2.24) is 0 Å². The van der Waals surface area contributed by atoms with Gasteiger partial charge in [-0.15, -0.1) is 0 Å². The molecule has 0 heterocycles. The summed E-state index contributed by atoms with van der Waals surface area (Å²) in [5.41, 5.74) is 1.62.